The average molecular weight is 363 g/mol. The molecule has 0 radical (unpaired) electrons. The van der Waals surface area contributed by atoms with Gasteiger partial charge in [0, 0.05) is 28.9 Å². The summed E-state index contributed by atoms with van der Waals surface area (Å²) in [6, 6.07) is 5.49. The number of aromatic nitrogens is 3. The molecule has 7 nitrogen and oxygen atoms in total. The molecule has 9 heteroatoms. The number of benzene rings is 1. The highest BCUT2D eigenvalue weighted by atomic mass is 32.2. The summed E-state index contributed by atoms with van der Waals surface area (Å²) in [5, 5.41) is 10.4. The minimum Gasteiger partial charge on any atom is -0.454 e. The van der Waals surface area contributed by atoms with Crippen LogP contribution in [-0.2, 0) is 6.54 Å². The summed E-state index contributed by atoms with van der Waals surface area (Å²) in [5.74, 6) is 2.50. The van der Waals surface area contributed by atoms with E-state index in [1.807, 2.05) is 30.5 Å². The van der Waals surface area contributed by atoms with E-state index in [0.717, 1.165) is 11.3 Å². The molecule has 0 amide bonds. The number of fused-ring (bicyclic) bond motifs is 1. The maximum Gasteiger partial charge on any atom is 0.307 e. The highest BCUT2D eigenvalue weighted by Crippen LogP contribution is 2.35. The van der Waals surface area contributed by atoms with E-state index in [2.05, 4.69) is 10.2 Å². The highest BCUT2D eigenvalue weighted by molar-refractivity contribution is 7.99. The van der Waals surface area contributed by atoms with Gasteiger partial charge in [-0.2, -0.15) is 0 Å². The van der Waals surface area contributed by atoms with E-state index in [0.29, 0.717) is 34.9 Å². The SMILES string of the molecule is Cc1csc(=O)n1CCSc1nnc(-c2ccc3c(c2)OCO3)o1. The van der Waals surface area contributed by atoms with Crippen LogP contribution < -0.4 is 14.3 Å². The molecule has 0 atom stereocenters. The lowest BCUT2D eigenvalue weighted by Gasteiger charge is -2.01. The number of hydrogen-bond acceptors (Lipinski definition) is 8. The molecular formula is C15H13N3O4S2. The zero-order chi connectivity index (χ0) is 16.5. The van der Waals surface area contributed by atoms with Gasteiger partial charge in [-0.05, 0) is 25.1 Å². The smallest absolute Gasteiger partial charge is 0.307 e. The number of nitrogens with zero attached hydrogens (tertiary/aromatic N) is 3. The highest BCUT2D eigenvalue weighted by Gasteiger charge is 2.16. The van der Waals surface area contributed by atoms with Crippen LogP contribution in [0.1, 0.15) is 5.69 Å². The number of thioether (sulfide) groups is 1. The molecular weight excluding hydrogens is 350 g/mol. The molecule has 3 aromatic rings. The van der Waals surface area contributed by atoms with E-state index in [-0.39, 0.29) is 11.7 Å². The third-order valence-corrected chi connectivity index (χ3v) is 5.22. The van der Waals surface area contributed by atoms with Gasteiger partial charge in [-0.15, -0.1) is 10.2 Å². The second kappa shape index (κ2) is 6.33. The van der Waals surface area contributed by atoms with Crippen molar-refractivity contribution in [1.82, 2.24) is 14.8 Å². The van der Waals surface area contributed by atoms with E-state index >= 15 is 0 Å². The van der Waals surface area contributed by atoms with Crippen molar-refractivity contribution in [2.45, 2.75) is 18.7 Å². The van der Waals surface area contributed by atoms with Crippen molar-refractivity contribution < 1.29 is 13.9 Å². The van der Waals surface area contributed by atoms with Gasteiger partial charge in [0.15, 0.2) is 11.5 Å². The van der Waals surface area contributed by atoms with Crippen molar-refractivity contribution >= 4 is 23.1 Å². The third kappa shape index (κ3) is 2.92. The molecule has 0 spiro atoms. The molecule has 24 heavy (non-hydrogen) atoms. The number of aryl methyl sites for hydroxylation is 1. The normalized spacial score (nSPS) is 12.7. The zero-order valence-electron chi connectivity index (χ0n) is 12.7. The molecule has 3 heterocycles. The fraction of sp³-hybridized carbons (Fsp3) is 0.267. The predicted molar refractivity (Wildman–Crippen MR) is 89.9 cm³/mol. The average Bonchev–Trinajstić information content (AvgIpc) is 3.30. The van der Waals surface area contributed by atoms with E-state index in [1.165, 1.54) is 23.1 Å². The Morgan fingerprint density at radius 2 is 2.17 bits per heavy atom. The Morgan fingerprint density at radius 1 is 1.29 bits per heavy atom. The molecule has 1 aromatic carbocycles. The lowest BCUT2D eigenvalue weighted by molar-refractivity contribution is 0.174. The Hall–Kier alpha value is -2.26. The minimum atomic E-state index is 0.0553. The van der Waals surface area contributed by atoms with Gasteiger partial charge in [-0.1, -0.05) is 23.1 Å². The second-order valence-electron chi connectivity index (χ2n) is 5.08. The van der Waals surface area contributed by atoms with E-state index in [9.17, 15) is 4.79 Å². The summed E-state index contributed by atoms with van der Waals surface area (Å²) >= 11 is 2.64. The van der Waals surface area contributed by atoms with Gasteiger partial charge in [-0.3, -0.25) is 4.79 Å². The summed E-state index contributed by atoms with van der Waals surface area (Å²) in [6.07, 6.45) is 0. The Morgan fingerprint density at radius 3 is 3.00 bits per heavy atom. The van der Waals surface area contributed by atoms with Crippen molar-refractivity contribution in [1.29, 1.82) is 0 Å². The summed E-state index contributed by atoms with van der Waals surface area (Å²) in [4.78, 5) is 11.7. The predicted octanol–water partition coefficient (Wildman–Crippen LogP) is 2.79. The van der Waals surface area contributed by atoms with Gasteiger partial charge >= 0.3 is 4.87 Å². The summed E-state index contributed by atoms with van der Waals surface area (Å²) < 4.78 is 18.0. The van der Waals surface area contributed by atoms with Crippen LogP contribution in [0.15, 0.2) is 38.0 Å². The third-order valence-electron chi connectivity index (χ3n) is 3.54. The molecule has 0 aliphatic carbocycles. The Bertz CT molecular complexity index is 931. The fourth-order valence-electron chi connectivity index (χ4n) is 2.31. The Balaban J connectivity index is 1.42. The van der Waals surface area contributed by atoms with E-state index in [4.69, 9.17) is 13.9 Å². The van der Waals surface area contributed by atoms with Gasteiger partial charge in [0.1, 0.15) is 0 Å². The van der Waals surface area contributed by atoms with E-state index in [1.54, 1.807) is 4.57 Å². The first-order chi connectivity index (χ1) is 11.7. The fourth-order valence-corrected chi connectivity index (χ4v) is 3.76. The number of ether oxygens (including phenoxy) is 2. The molecule has 0 N–H and O–H groups in total. The largest absolute Gasteiger partial charge is 0.454 e. The molecule has 0 saturated carbocycles. The molecule has 0 saturated heterocycles. The monoisotopic (exact) mass is 363 g/mol. The van der Waals surface area contributed by atoms with Crippen molar-refractivity contribution in [3.63, 3.8) is 0 Å². The number of thiazole rings is 1. The molecule has 4 rings (SSSR count). The molecule has 0 unspecified atom stereocenters. The summed E-state index contributed by atoms with van der Waals surface area (Å²) in [6.45, 7) is 2.76. The van der Waals surface area contributed by atoms with Crippen LogP contribution in [0.4, 0.5) is 0 Å². The van der Waals surface area contributed by atoms with Crippen molar-refractivity contribution in [2.75, 3.05) is 12.5 Å². The number of rotatable bonds is 5. The van der Waals surface area contributed by atoms with Gasteiger partial charge < -0.3 is 18.5 Å². The van der Waals surface area contributed by atoms with Crippen LogP contribution in [0.5, 0.6) is 11.5 Å². The summed E-state index contributed by atoms with van der Waals surface area (Å²) in [7, 11) is 0. The van der Waals surface area contributed by atoms with Crippen LogP contribution in [0.3, 0.4) is 0 Å². The topological polar surface area (TPSA) is 79.4 Å². The van der Waals surface area contributed by atoms with Gasteiger partial charge in [0.05, 0.1) is 0 Å². The Labute approximate surface area is 145 Å². The van der Waals surface area contributed by atoms with Crippen LogP contribution >= 0.6 is 23.1 Å². The number of hydrogen-bond donors (Lipinski definition) is 0. The minimum absolute atomic E-state index is 0.0553. The molecule has 124 valence electrons. The van der Waals surface area contributed by atoms with Crippen molar-refractivity contribution in [2.24, 2.45) is 0 Å². The molecule has 1 aliphatic heterocycles. The van der Waals surface area contributed by atoms with Gasteiger partial charge in [0.25, 0.3) is 5.22 Å². The van der Waals surface area contributed by atoms with Crippen LogP contribution in [0, 0.1) is 6.92 Å². The van der Waals surface area contributed by atoms with Crippen molar-refractivity contribution in [3.8, 4) is 23.0 Å². The van der Waals surface area contributed by atoms with Crippen LogP contribution in [0.2, 0.25) is 0 Å². The van der Waals surface area contributed by atoms with Crippen molar-refractivity contribution in [3.05, 3.63) is 38.9 Å². The first-order valence-electron chi connectivity index (χ1n) is 7.22. The molecule has 0 bridgehead atoms. The van der Waals surface area contributed by atoms with Gasteiger partial charge in [0.2, 0.25) is 12.7 Å². The maximum absolute atomic E-state index is 11.7. The molecule has 2 aromatic heterocycles. The van der Waals surface area contributed by atoms with Crippen LogP contribution in [0.25, 0.3) is 11.5 Å². The first-order valence-corrected chi connectivity index (χ1v) is 9.08. The van der Waals surface area contributed by atoms with Crippen LogP contribution in [-0.4, -0.2) is 27.3 Å². The standard InChI is InChI=1S/C15H13N3O4S2/c1-9-7-24-15(19)18(9)4-5-23-14-17-16-13(22-14)10-2-3-11-12(6-10)21-8-20-11/h2-3,6-7H,4-5,8H2,1H3. The molecule has 0 fully saturated rings. The lowest BCUT2D eigenvalue weighted by Crippen LogP contribution is -2.15. The van der Waals surface area contributed by atoms with E-state index < -0.39 is 0 Å². The Kier molecular flexibility index (Phi) is 4.03. The van der Waals surface area contributed by atoms with Gasteiger partial charge in [-0.25, -0.2) is 0 Å². The summed E-state index contributed by atoms with van der Waals surface area (Å²) in [5.41, 5.74) is 1.75. The molecule has 1 aliphatic rings. The lowest BCUT2D eigenvalue weighted by atomic mass is 10.2. The maximum atomic E-state index is 11.7. The second-order valence-corrected chi connectivity index (χ2v) is 6.95. The first kappa shape index (κ1) is 15.3. The quantitative estimate of drug-likeness (QED) is 0.645. The zero-order valence-corrected chi connectivity index (χ0v) is 14.4.